The molecule has 126 valence electrons. The van der Waals surface area contributed by atoms with E-state index in [-0.39, 0.29) is 11.9 Å². The highest BCUT2D eigenvalue weighted by Crippen LogP contribution is 2.31. The number of nitrogens with zero attached hydrogens (tertiary/aromatic N) is 5. The van der Waals surface area contributed by atoms with Gasteiger partial charge in [-0.2, -0.15) is 0 Å². The summed E-state index contributed by atoms with van der Waals surface area (Å²) in [4.78, 5) is 27.3. The Morgan fingerprint density at radius 1 is 1.24 bits per heavy atom. The highest BCUT2D eigenvalue weighted by Gasteiger charge is 2.32. The van der Waals surface area contributed by atoms with Crippen molar-refractivity contribution in [3.05, 3.63) is 72.3 Å². The van der Waals surface area contributed by atoms with Gasteiger partial charge in [-0.15, -0.1) is 0 Å². The van der Waals surface area contributed by atoms with Gasteiger partial charge in [-0.25, -0.2) is 9.97 Å². The van der Waals surface area contributed by atoms with Gasteiger partial charge in [-0.05, 0) is 17.7 Å². The van der Waals surface area contributed by atoms with Gasteiger partial charge in [0.05, 0.1) is 25.9 Å². The van der Waals surface area contributed by atoms with Crippen LogP contribution in [0.25, 0.3) is 0 Å². The summed E-state index contributed by atoms with van der Waals surface area (Å²) in [5, 5.41) is 0. The summed E-state index contributed by atoms with van der Waals surface area (Å²) in [5.41, 5.74) is 1.34. The van der Waals surface area contributed by atoms with Crippen LogP contribution in [-0.2, 0) is 13.1 Å². The van der Waals surface area contributed by atoms with Gasteiger partial charge in [-0.1, -0.05) is 12.1 Å². The number of methoxy groups -OCH3 is 1. The minimum absolute atomic E-state index is 0.133. The lowest BCUT2D eigenvalue weighted by Crippen LogP contribution is -2.41. The van der Waals surface area contributed by atoms with Crippen LogP contribution in [0.2, 0.25) is 0 Å². The Morgan fingerprint density at radius 3 is 2.96 bits per heavy atom. The maximum absolute atomic E-state index is 13.0. The molecule has 0 N–H and O–H groups in total. The molecule has 7 nitrogen and oxygen atoms in total. The number of imidazole rings is 1. The van der Waals surface area contributed by atoms with E-state index in [1.807, 2.05) is 30.5 Å². The first-order chi connectivity index (χ1) is 12.3. The number of carbonyl (C=O) groups is 1. The molecule has 0 spiro atoms. The lowest BCUT2D eigenvalue weighted by molar-refractivity contribution is 0.0577. The highest BCUT2D eigenvalue weighted by molar-refractivity contribution is 5.92. The zero-order chi connectivity index (χ0) is 17.2. The monoisotopic (exact) mass is 335 g/mol. The summed E-state index contributed by atoms with van der Waals surface area (Å²) >= 11 is 0. The number of hydrogen-bond acceptors (Lipinski definition) is 5. The van der Waals surface area contributed by atoms with E-state index >= 15 is 0 Å². The summed E-state index contributed by atoms with van der Waals surface area (Å²) in [6.45, 7) is 1.05. The number of aromatic nitrogens is 4. The Bertz CT molecular complexity index is 893. The van der Waals surface area contributed by atoms with E-state index in [9.17, 15) is 4.79 Å². The summed E-state index contributed by atoms with van der Waals surface area (Å²) in [7, 11) is 1.64. The molecule has 7 heteroatoms. The van der Waals surface area contributed by atoms with E-state index < -0.39 is 0 Å². The van der Waals surface area contributed by atoms with Crippen molar-refractivity contribution in [2.45, 2.75) is 19.1 Å². The minimum Gasteiger partial charge on any atom is -0.497 e. The van der Waals surface area contributed by atoms with Crippen molar-refractivity contribution in [3.63, 3.8) is 0 Å². The molecule has 0 saturated heterocycles. The molecule has 1 unspecified atom stereocenters. The Balaban J connectivity index is 1.74. The number of fused-ring (bicyclic) bond motifs is 1. The van der Waals surface area contributed by atoms with Crippen molar-refractivity contribution >= 4 is 5.91 Å². The molecule has 2 aromatic heterocycles. The predicted octanol–water partition coefficient (Wildman–Crippen LogP) is 2.08. The lowest BCUT2D eigenvalue weighted by atomic mass is 10.0. The SMILES string of the molecule is COc1cccc(C2Cn3ccnc3CN2C(=O)c2cnccn2)c1. The second-order valence-corrected chi connectivity index (χ2v) is 5.81. The quantitative estimate of drug-likeness (QED) is 0.733. The van der Waals surface area contributed by atoms with Crippen LogP contribution in [0.5, 0.6) is 5.75 Å². The van der Waals surface area contributed by atoms with E-state index in [4.69, 9.17) is 4.74 Å². The first kappa shape index (κ1) is 15.3. The van der Waals surface area contributed by atoms with Crippen LogP contribution in [0.3, 0.4) is 0 Å². The van der Waals surface area contributed by atoms with Crippen molar-refractivity contribution < 1.29 is 9.53 Å². The fourth-order valence-corrected chi connectivity index (χ4v) is 3.11. The molecule has 1 aliphatic rings. The summed E-state index contributed by atoms with van der Waals surface area (Å²) in [6, 6.07) is 7.66. The molecule has 0 saturated carbocycles. The third-order valence-corrected chi connectivity index (χ3v) is 4.38. The van der Waals surface area contributed by atoms with Gasteiger partial charge in [0.2, 0.25) is 0 Å². The molecule has 1 aliphatic heterocycles. The standard InChI is InChI=1S/C18H17N5O2/c1-25-14-4-2-3-13(9-14)16-11-22-8-7-21-17(22)12-23(16)18(24)15-10-19-5-6-20-15/h2-10,16H,11-12H2,1H3. The van der Waals surface area contributed by atoms with Crippen molar-refractivity contribution in [3.8, 4) is 5.75 Å². The number of ether oxygens (including phenoxy) is 1. The molecule has 0 bridgehead atoms. The largest absolute Gasteiger partial charge is 0.497 e. The Labute approximate surface area is 144 Å². The highest BCUT2D eigenvalue weighted by atomic mass is 16.5. The van der Waals surface area contributed by atoms with Gasteiger partial charge in [0, 0.05) is 31.3 Å². The third kappa shape index (κ3) is 2.84. The average Bonchev–Trinajstić information content (AvgIpc) is 3.14. The van der Waals surface area contributed by atoms with E-state index in [2.05, 4.69) is 19.5 Å². The van der Waals surface area contributed by atoms with E-state index in [0.29, 0.717) is 18.8 Å². The normalized spacial score (nSPS) is 16.4. The maximum Gasteiger partial charge on any atom is 0.275 e. The van der Waals surface area contributed by atoms with Crippen LogP contribution >= 0.6 is 0 Å². The number of carbonyl (C=O) groups excluding carboxylic acids is 1. The summed E-state index contributed by atoms with van der Waals surface area (Å²) in [6.07, 6.45) is 8.27. The predicted molar refractivity (Wildman–Crippen MR) is 89.9 cm³/mol. The lowest BCUT2D eigenvalue weighted by Gasteiger charge is -2.36. The van der Waals surface area contributed by atoms with Crippen LogP contribution in [0.4, 0.5) is 0 Å². The number of amides is 1. The Hall–Kier alpha value is -3.22. The molecule has 3 aromatic rings. The van der Waals surface area contributed by atoms with Crippen LogP contribution in [0.1, 0.15) is 27.9 Å². The molecule has 1 amide bonds. The molecule has 1 aromatic carbocycles. The number of hydrogen-bond donors (Lipinski definition) is 0. The second-order valence-electron chi connectivity index (χ2n) is 5.81. The second kappa shape index (κ2) is 6.35. The fourth-order valence-electron chi connectivity index (χ4n) is 3.11. The third-order valence-electron chi connectivity index (χ3n) is 4.38. The van der Waals surface area contributed by atoms with Crippen LogP contribution in [-0.4, -0.2) is 37.4 Å². The average molecular weight is 335 g/mol. The number of benzene rings is 1. The molecular weight excluding hydrogens is 318 g/mol. The van der Waals surface area contributed by atoms with Gasteiger partial charge < -0.3 is 14.2 Å². The van der Waals surface area contributed by atoms with Crippen LogP contribution < -0.4 is 4.74 Å². The molecule has 1 atom stereocenters. The topological polar surface area (TPSA) is 73.1 Å². The molecule has 0 fully saturated rings. The van der Waals surface area contributed by atoms with Gasteiger partial charge >= 0.3 is 0 Å². The van der Waals surface area contributed by atoms with E-state index in [1.165, 1.54) is 12.4 Å². The van der Waals surface area contributed by atoms with Crippen molar-refractivity contribution in [1.29, 1.82) is 0 Å². The van der Waals surface area contributed by atoms with E-state index in [1.54, 1.807) is 24.4 Å². The van der Waals surface area contributed by atoms with Crippen molar-refractivity contribution in [2.75, 3.05) is 7.11 Å². The van der Waals surface area contributed by atoms with Crippen molar-refractivity contribution in [2.24, 2.45) is 0 Å². The maximum atomic E-state index is 13.0. The molecule has 25 heavy (non-hydrogen) atoms. The zero-order valence-electron chi connectivity index (χ0n) is 13.7. The zero-order valence-corrected chi connectivity index (χ0v) is 13.7. The smallest absolute Gasteiger partial charge is 0.275 e. The van der Waals surface area contributed by atoms with Gasteiger partial charge in [0.1, 0.15) is 17.3 Å². The molecule has 0 radical (unpaired) electrons. The molecule has 3 heterocycles. The fraction of sp³-hybridized carbons (Fsp3) is 0.222. The number of rotatable bonds is 3. The first-order valence-corrected chi connectivity index (χ1v) is 7.97. The summed E-state index contributed by atoms with van der Waals surface area (Å²) in [5.74, 6) is 1.47. The van der Waals surface area contributed by atoms with Crippen LogP contribution in [0.15, 0.2) is 55.2 Å². The molecule has 0 aliphatic carbocycles. The Kier molecular flexibility index (Phi) is 3.89. The van der Waals surface area contributed by atoms with Crippen molar-refractivity contribution in [1.82, 2.24) is 24.4 Å². The molecular formula is C18H17N5O2. The van der Waals surface area contributed by atoms with Gasteiger partial charge in [0.15, 0.2) is 0 Å². The van der Waals surface area contributed by atoms with E-state index in [0.717, 1.165) is 17.1 Å². The minimum atomic E-state index is -0.157. The van der Waals surface area contributed by atoms with Gasteiger partial charge in [-0.3, -0.25) is 9.78 Å². The summed E-state index contributed by atoms with van der Waals surface area (Å²) < 4.78 is 7.41. The van der Waals surface area contributed by atoms with Gasteiger partial charge in [0.25, 0.3) is 5.91 Å². The first-order valence-electron chi connectivity index (χ1n) is 7.97. The van der Waals surface area contributed by atoms with Crippen LogP contribution in [0, 0.1) is 0 Å². The Morgan fingerprint density at radius 2 is 2.16 bits per heavy atom. The molecule has 4 rings (SSSR count).